The number of pyridine rings is 1. The standard InChI is InChI=1S/C18H20BrN3O2/c1-4-22(5-2)18(24)16-11-13(8-9-20-16)17(23)21-15-7-6-14(19)10-12(15)3/h6-11H,4-5H2,1-3H3,(H,21,23). The zero-order chi connectivity index (χ0) is 17.7. The van der Waals surface area contributed by atoms with Crippen LogP contribution in [0.2, 0.25) is 0 Å². The maximum Gasteiger partial charge on any atom is 0.272 e. The Morgan fingerprint density at radius 1 is 1.17 bits per heavy atom. The molecule has 2 rings (SSSR count). The summed E-state index contributed by atoms with van der Waals surface area (Å²) in [7, 11) is 0. The van der Waals surface area contributed by atoms with E-state index >= 15 is 0 Å². The topological polar surface area (TPSA) is 62.3 Å². The third-order valence-corrected chi connectivity index (χ3v) is 4.22. The van der Waals surface area contributed by atoms with Crippen LogP contribution in [0, 0.1) is 6.92 Å². The first-order valence-corrected chi connectivity index (χ1v) is 8.58. The molecule has 1 N–H and O–H groups in total. The van der Waals surface area contributed by atoms with Gasteiger partial charge in [0.25, 0.3) is 11.8 Å². The first-order chi connectivity index (χ1) is 11.5. The van der Waals surface area contributed by atoms with Gasteiger partial charge in [0.2, 0.25) is 0 Å². The fourth-order valence-corrected chi connectivity index (χ4v) is 2.80. The quantitative estimate of drug-likeness (QED) is 0.843. The maximum atomic E-state index is 12.5. The van der Waals surface area contributed by atoms with Gasteiger partial charge in [-0.05, 0) is 56.7 Å². The molecule has 1 heterocycles. The lowest BCUT2D eigenvalue weighted by atomic mass is 10.1. The van der Waals surface area contributed by atoms with Gasteiger partial charge in [-0.3, -0.25) is 14.6 Å². The molecule has 0 aliphatic rings. The van der Waals surface area contributed by atoms with E-state index in [1.165, 1.54) is 12.3 Å². The van der Waals surface area contributed by atoms with E-state index in [-0.39, 0.29) is 17.5 Å². The molecular weight excluding hydrogens is 370 g/mol. The van der Waals surface area contributed by atoms with Gasteiger partial charge in [0.15, 0.2) is 0 Å². The van der Waals surface area contributed by atoms with Crippen molar-refractivity contribution in [3.63, 3.8) is 0 Å². The van der Waals surface area contributed by atoms with Gasteiger partial charge >= 0.3 is 0 Å². The lowest BCUT2D eigenvalue weighted by Crippen LogP contribution is -2.31. The predicted octanol–water partition coefficient (Wildman–Crippen LogP) is 3.89. The highest BCUT2D eigenvalue weighted by atomic mass is 79.9. The third-order valence-electron chi connectivity index (χ3n) is 3.73. The van der Waals surface area contributed by atoms with Gasteiger partial charge in [-0.2, -0.15) is 0 Å². The van der Waals surface area contributed by atoms with Gasteiger partial charge in [0.1, 0.15) is 5.69 Å². The lowest BCUT2D eigenvalue weighted by Gasteiger charge is -2.18. The Balaban J connectivity index is 2.21. The number of hydrogen-bond donors (Lipinski definition) is 1. The van der Waals surface area contributed by atoms with Gasteiger partial charge < -0.3 is 10.2 Å². The summed E-state index contributed by atoms with van der Waals surface area (Å²) in [6, 6.07) is 8.76. The Bertz CT molecular complexity index is 758. The number of carbonyl (C=O) groups is 2. The molecule has 0 aliphatic carbocycles. The van der Waals surface area contributed by atoms with Crippen molar-refractivity contribution in [2.75, 3.05) is 18.4 Å². The highest BCUT2D eigenvalue weighted by Gasteiger charge is 2.16. The van der Waals surface area contributed by atoms with Crippen molar-refractivity contribution in [3.8, 4) is 0 Å². The third kappa shape index (κ3) is 4.20. The summed E-state index contributed by atoms with van der Waals surface area (Å²) in [6.07, 6.45) is 1.49. The first kappa shape index (κ1) is 18.1. The molecule has 0 saturated carbocycles. The van der Waals surface area contributed by atoms with Crippen molar-refractivity contribution in [1.82, 2.24) is 9.88 Å². The number of carbonyl (C=O) groups excluding carboxylic acids is 2. The van der Waals surface area contributed by atoms with E-state index < -0.39 is 0 Å². The van der Waals surface area contributed by atoms with Crippen LogP contribution in [0.5, 0.6) is 0 Å². The predicted molar refractivity (Wildman–Crippen MR) is 98.3 cm³/mol. The molecule has 126 valence electrons. The summed E-state index contributed by atoms with van der Waals surface area (Å²) in [5.41, 5.74) is 2.37. The molecule has 5 nitrogen and oxygen atoms in total. The maximum absolute atomic E-state index is 12.5. The normalized spacial score (nSPS) is 10.3. The molecule has 0 spiro atoms. The molecule has 6 heteroatoms. The number of aromatic nitrogens is 1. The van der Waals surface area contributed by atoms with E-state index in [0.29, 0.717) is 18.7 Å². The lowest BCUT2D eigenvalue weighted by molar-refractivity contribution is 0.0767. The summed E-state index contributed by atoms with van der Waals surface area (Å²) in [6.45, 7) is 6.95. The molecule has 2 aromatic rings. The monoisotopic (exact) mass is 389 g/mol. The molecule has 0 atom stereocenters. The van der Waals surface area contributed by atoms with E-state index in [1.807, 2.05) is 39.0 Å². The number of rotatable bonds is 5. The Morgan fingerprint density at radius 2 is 1.88 bits per heavy atom. The molecule has 0 saturated heterocycles. The van der Waals surface area contributed by atoms with E-state index in [9.17, 15) is 9.59 Å². The Kier molecular flexibility index (Phi) is 6.09. The van der Waals surface area contributed by atoms with E-state index in [2.05, 4.69) is 26.2 Å². The zero-order valence-corrected chi connectivity index (χ0v) is 15.6. The van der Waals surface area contributed by atoms with Gasteiger partial charge in [-0.1, -0.05) is 15.9 Å². The second kappa shape index (κ2) is 8.06. The van der Waals surface area contributed by atoms with Crippen molar-refractivity contribution in [2.24, 2.45) is 0 Å². The number of nitrogens with zero attached hydrogens (tertiary/aromatic N) is 2. The highest BCUT2D eigenvalue weighted by Crippen LogP contribution is 2.20. The van der Waals surface area contributed by atoms with Crippen LogP contribution in [-0.2, 0) is 0 Å². The average molecular weight is 390 g/mol. The van der Waals surface area contributed by atoms with Crippen molar-refractivity contribution < 1.29 is 9.59 Å². The molecule has 0 radical (unpaired) electrons. The number of aryl methyl sites for hydroxylation is 1. The van der Waals surface area contributed by atoms with Gasteiger partial charge in [-0.25, -0.2) is 0 Å². The van der Waals surface area contributed by atoms with Crippen LogP contribution < -0.4 is 5.32 Å². The number of benzene rings is 1. The van der Waals surface area contributed by atoms with Gasteiger partial charge in [0, 0.05) is 35.0 Å². The van der Waals surface area contributed by atoms with E-state index in [4.69, 9.17) is 0 Å². The summed E-state index contributed by atoms with van der Waals surface area (Å²) >= 11 is 3.40. The number of halogens is 1. The van der Waals surface area contributed by atoms with Crippen LogP contribution in [0.3, 0.4) is 0 Å². The molecule has 0 aliphatic heterocycles. The van der Waals surface area contributed by atoms with Gasteiger partial charge in [0.05, 0.1) is 0 Å². The minimum absolute atomic E-state index is 0.172. The number of hydrogen-bond acceptors (Lipinski definition) is 3. The molecule has 0 fully saturated rings. The second-order valence-electron chi connectivity index (χ2n) is 5.32. The first-order valence-electron chi connectivity index (χ1n) is 7.79. The Morgan fingerprint density at radius 3 is 2.50 bits per heavy atom. The second-order valence-corrected chi connectivity index (χ2v) is 6.24. The Labute approximate surface area is 150 Å². The van der Waals surface area contributed by atoms with Crippen LogP contribution >= 0.6 is 15.9 Å². The number of nitrogens with one attached hydrogen (secondary N) is 1. The summed E-state index contributed by atoms with van der Waals surface area (Å²) in [4.78, 5) is 30.6. The number of anilines is 1. The van der Waals surface area contributed by atoms with Crippen molar-refractivity contribution >= 4 is 33.4 Å². The molecule has 1 aromatic carbocycles. The zero-order valence-electron chi connectivity index (χ0n) is 14.0. The smallest absolute Gasteiger partial charge is 0.272 e. The molecule has 2 amide bonds. The fraction of sp³-hybridized carbons (Fsp3) is 0.278. The van der Waals surface area contributed by atoms with Crippen LogP contribution in [0.4, 0.5) is 5.69 Å². The summed E-state index contributed by atoms with van der Waals surface area (Å²) < 4.78 is 0.953. The largest absolute Gasteiger partial charge is 0.338 e. The summed E-state index contributed by atoms with van der Waals surface area (Å²) in [5, 5.41) is 2.86. The number of amides is 2. The van der Waals surface area contributed by atoms with Crippen molar-refractivity contribution in [1.29, 1.82) is 0 Å². The molecule has 24 heavy (non-hydrogen) atoms. The van der Waals surface area contributed by atoms with Crippen molar-refractivity contribution in [2.45, 2.75) is 20.8 Å². The molecule has 0 unspecified atom stereocenters. The SMILES string of the molecule is CCN(CC)C(=O)c1cc(C(=O)Nc2ccc(Br)cc2C)ccn1. The highest BCUT2D eigenvalue weighted by molar-refractivity contribution is 9.10. The minimum Gasteiger partial charge on any atom is -0.338 e. The van der Waals surface area contributed by atoms with Gasteiger partial charge in [-0.15, -0.1) is 0 Å². The van der Waals surface area contributed by atoms with E-state index in [1.54, 1.807) is 11.0 Å². The molecule has 0 bridgehead atoms. The molecular formula is C18H20BrN3O2. The van der Waals surface area contributed by atoms with Crippen LogP contribution in [0.1, 0.15) is 40.3 Å². The van der Waals surface area contributed by atoms with Crippen LogP contribution in [0.15, 0.2) is 41.0 Å². The van der Waals surface area contributed by atoms with E-state index in [0.717, 1.165) is 15.7 Å². The molecule has 1 aromatic heterocycles. The summed E-state index contributed by atoms with van der Waals surface area (Å²) in [5.74, 6) is -0.439. The average Bonchev–Trinajstić information content (AvgIpc) is 2.58. The fourth-order valence-electron chi connectivity index (χ4n) is 2.32. The van der Waals surface area contributed by atoms with Crippen molar-refractivity contribution in [3.05, 3.63) is 57.8 Å². The minimum atomic E-state index is -0.267. The van der Waals surface area contributed by atoms with Crippen LogP contribution in [0.25, 0.3) is 0 Å². The Hall–Kier alpha value is -2.21. The van der Waals surface area contributed by atoms with Crippen LogP contribution in [-0.4, -0.2) is 34.8 Å².